The molecule has 0 saturated carbocycles. The number of non-ortho nitro benzene ring substituents is 1. The third-order valence-electron chi connectivity index (χ3n) is 3.17. The Balaban J connectivity index is 1.95. The molecule has 23 heavy (non-hydrogen) atoms. The molecule has 0 fully saturated rings. The van der Waals surface area contributed by atoms with Crippen molar-refractivity contribution in [2.24, 2.45) is 0 Å². The van der Waals surface area contributed by atoms with Gasteiger partial charge in [-0.05, 0) is 18.2 Å². The van der Waals surface area contributed by atoms with E-state index in [2.05, 4.69) is 10.3 Å². The van der Waals surface area contributed by atoms with Crippen molar-refractivity contribution in [3.05, 3.63) is 80.9 Å². The SMILES string of the molecule is O=C(Nc1cccc([N+](=O)[O-])c1)c1cnc2ccccn2c1=O. The number of carbonyl (C=O) groups is 1. The van der Waals surface area contributed by atoms with Gasteiger partial charge < -0.3 is 5.32 Å². The predicted octanol–water partition coefficient (Wildman–Crippen LogP) is 1.85. The maximum atomic E-state index is 12.3. The Hall–Kier alpha value is -3.55. The van der Waals surface area contributed by atoms with Crippen molar-refractivity contribution in [3.8, 4) is 0 Å². The van der Waals surface area contributed by atoms with Crippen molar-refractivity contribution in [2.75, 3.05) is 5.32 Å². The van der Waals surface area contributed by atoms with Crippen LogP contribution in [0.1, 0.15) is 10.4 Å². The molecule has 2 heterocycles. The van der Waals surface area contributed by atoms with Crippen molar-refractivity contribution in [1.82, 2.24) is 9.38 Å². The van der Waals surface area contributed by atoms with Gasteiger partial charge in [0.25, 0.3) is 17.2 Å². The summed E-state index contributed by atoms with van der Waals surface area (Å²) in [4.78, 5) is 38.7. The Labute approximate surface area is 129 Å². The van der Waals surface area contributed by atoms with Crippen LogP contribution >= 0.6 is 0 Å². The molecular weight excluding hydrogens is 300 g/mol. The second-order valence-corrected chi connectivity index (χ2v) is 4.67. The summed E-state index contributed by atoms with van der Waals surface area (Å²) in [7, 11) is 0. The van der Waals surface area contributed by atoms with Crippen molar-refractivity contribution in [3.63, 3.8) is 0 Å². The van der Waals surface area contributed by atoms with Gasteiger partial charge in [0, 0.05) is 30.2 Å². The van der Waals surface area contributed by atoms with Gasteiger partial charge in [-0.1, -0.05) is 12.1 Å². The number of rotatable bonds is 3. The van der Waals surface area contributed by atoms with E-state index in [1.54, 1.807) is 18.2 Å². The molecule has 0 unspecified atom stereocenters. The van der Waals surface area contributed by atoms with Crippen LogP contribution in [0.3, 0.4) is 0 Å². The lowest BCUT2D eigenvalue weighted by atomic mass is 10.2. The quantitative estimate of drug-likeness (QED) is 0.587. The van der Waals surface area contributed by atoms with Crippen LogP contribution in [0.5, 0.6) is 0 Å². The molecule has 3 rings (SSSR count). The number of nitrogens with one attached hydrogen (secondary N) is 1. The minimum Gasteiger partial charge on any atom is -0.322 e. The van der Waals surface area contributed by atoms with Gasteiger partial charge in [0.05, 0.1) is 4.92 Å². The molecule has 0 aliphatic rings. The number of carbonyl (C=O) groups excluding carboxylic acids is 1. The van der Waals surface area contributed by atoms with Gasteiger partial charge in [0.2, 0.25) is 0 Å². The predicted molar refractivity (Wildman–Crippen MR) is 82.5 cm³/mol. The third kappa shape index (κ3) is 2.77. The third-order valence-corrected chi connectivity index (χ3v) is 3.17. The largest absolute Gasteiger partial charge is 0.322 e. The minimum absolute atomic E-state index is 0.153. The van der Waals surface area contributed by atoms with E-state index in [-0.39, 0.29) is 16.9 Å². The van der Waals surface area contributed by atoms with Crippen molar-refractivity contribution < 1.29 is 9.72 Å². The maximum Gasteiger partial charge on any atom is 0.271 e. The van der Waals surface area contributed by atoms with Crippen LogP contribution in [0.2, 0.25) is 0 Å². The van der Waals surface area contributed by atoms with Crippen molar-refractivity contribution in [1.29, 1.82) is 0 Å². The van der Waals surface area contributed by atoms with E-state index in [1.165, 1.54) is 41.1 Å². The van der Waals surface area contributed by atoms with Gasteiger partial charge in [-0.15, -0.1) is 0 Å². The highest BCUT2D eigenvalue weighted by Crippen LogP contribution is 2.17. The van der Waals surface area contributed by atoms with E-state index in [0.717, 1.165) is 0 Å². The summed E-state index contributed by atoms with van der Waals surface area (Å²) in [6, 6.07) is 10.5. The van der Waals surface area contributed by atoms with E-state index in [1.807, 2.05) is 0 Å². The molecule has 1 amide bonds. The highest BCUT2D eigenvalue weighted by atomic mass is 16.6. The van der Waals surface area contributed by atoms with Gasteiger partial charge >= 0.3 is 0 Å². The van der Waals surface area contributed by atoms with Gasteiger partial charge in [0.1, 0.15) is 11.2 Å². The molecule has 1 N–H and O–H groups in total. The number of pyridine rings is 1. The topological polar surface area (TPSA) is 107 Å². The number of aromatic nitrogens is 2. The standard InChI is InChI=1S/C15H10N4O4/c20-14(17-10-4-3-5-11(8-10)19(22)23)12-9-16-13-6-1-2-7-18(13)15(12)21/h1-9H,(H,17,20). The molecule has 1 aromatic carbocycles. The fourth-order valence-corrected chi connectivity index (χ4v) is 2.08. The van der Waals surface area contributed by atoms with E-state index in [0.29, 0.717) is 5.65 Å². The summed E-state index contributed by atoms with van der Waals surface area (Å²) < 4.78 is 1.25. The molecule has 3 aromatic rings. The van der Waals surface area contributed by atoms with Gasteiger partial charge in [-0.25, -0.2) is 4.98 Å². The molecule has 0 saturated heterocycles. The summed E-state index contributed by atoms with van der Waals surface area (Å²) in [6.07, 6.45) is 2.69. The average Bonchev–Trinajstić information content (AvgIpc) is 2.55. The molecule has 0 spiro atoms. The molecule has 0 radical (unpaired) electrons. The Bertz CT molecular complexity index is 980. The van der Waals surface area contributed by atoms with Crippen LogP contribution in [0, 0.1) is 10.1 Å². The Morgan fingerprint density at radius 3 is 2.83 bits per heavy atom. The first-order valence-corrected chi connectivity index (χ1v) is 6.58. The lowest BCUT2D eigenvalue weighted by Crippen LogP contribution is -2.26. The van der Waals surface area contributed by atoms with Crippen LogP contribution in [-0.4, -0.2) is 20.2 Å². The number of anilines is 1. The van der Waals surface area contributed by atoms with E-state index in [4.69, 9.17) is 0 Å². The highest BCUT2D eigenvalue weighted by Gasteiger charge is 2.14. The molecule has 0 aliphatic heterocycles. The normalized spacial score (nSPS) is 10.4. The highest BCUT2D eigenvalue weighted by molar-refractivity contribution is 6.04. The summed E-state index contributed by atoms with van der Waals surface area (Å²) in [6.45, 7) is 0. The average molecular weight is 310 g/mol. The number of hydrogen-bond acceptors (Lipinski definition) is 5. The molecule has 0 atom stereocenters. The Morgan fingerprint density at radius 1 is 1.22 bits per heavy atom. The van der Waals surface area contributed by atoms with Crippen LogP contribution < -0.4 is 10.9 Å². The second-order valence-electron chi connectivity index (χ2n) is 4.67. The molecule has 0 aliphatic carbocycles. The van der Waals surface area contributed by atoms with Gasteiger partial charge in [-0.3, -0.25) is 24.1 Å². The van der Waals surface area contributed by atoms with Gasteiger partial charge in [0.15, 0.2) is 0 Å². The maximum absolute atomic E-state index is 12.3. The summed E-state index contributed by atoms with van der Waals surface area (Å²) in [5.41, 5.74) is -0.180. The van der Waals surface area contributed by atoms with E-state index >= 15 is 0 Å². The second kappa shape index (κ2) is 5.68. The number of amides is 1. The van der Waals surface area contributed by atoms with Crippen LogP contribution in [0.15, 0.2) is 59.7 Å². The fraction of sp³-hybridized carbons (Fsp3) is 0. The Kier molecular flexibility index (Phi) is 3.55. The number of hydrogen-bond donors (Lipinski definition) is 1. The molecule has 2 aromatic heterocycles. The minimum atomic E-state index is -0.679. The smallest absolute Gasteiger partial charge is 0.271 e. The summed E-state index contributed by atoms with van der Waals surface area (Å²) in [5.74, 6) is -0.679. The summed E-state index contributed by atoms with van der Waals surface area (Å²) in [5, 5.41) is 13.2. The van der Waals surface area contributed by atoms with E-state index in [9.17, 15) is 19.7 Å². The molecule has 8 nitrogen and oxygen atoms in total. The first-order chi connectivity index (χ1) is 11.1. The lowest BCUT2D eigenvalue weighted by molar-refractivity contribution is -0.384. The zero-order valence-corrected chi connectivity index (χ0v) is 11.7. The zero-order valence-electron chi connectivity index (χ0n) is 11.7. The number of nitrogens with zero attached hydrogens (tertiary/aromatic N) is 3. The fourth-order valence-electron chi connectivity index (χ4n) is 2.08. The van der Waals surface area contributed by atoms with Crippen molar-refractivity contribution in [2.45, 2.75) is 0 Å². The zero-order chi connectivity index (χ0) is 16.4. The van der Waals surface area contributed by atoms with Crippen LogP contribution in [-0.2, 0) is 0 Å². The van der Waals surface area contributed by atoms with Crippen LogP contribution in [0.25, 0.3) is 5.65 Å². The first-order valence-electron chi connectivity index (χ1n) is 6.58. The monoisotopic (exact) mass is 310 g/mol. The number of nitro benzene ring substituents is 1. The first kappa shape index (κ1) is 14.4. The molecule has 114 valence electrons. The molecule has 0 bridgehead atoms. The lowest BCUT2D eigenvalue weighted by Gasteiger charge is -2.06. The Morgan fingerprint density at radius 2 is 2.04 bits per heavy atom. The van der Waals surface area contributed by atoms with Crippen molar-refractivity contribution >= 4 is 22.9 Å². The number of nitro groups is 1. The molecular formula is C15H10N4O4. The summed E-state index contributed by atoms with van der Waals surface area (Å²) >= 11 is 0. The van der Waals surface area contributed by atoms with Gasteiger partial charge in [-0.2, -0.15) is 0 Å². The number of fused-ring (bicyclic) bond motifs is 1. The van der Waals surface area contributed by atoms with Crippen LogP contribution in [0.4, 0.5) is 11.4 Å². The number of benzene rings is 1. The van der Waals surface area contributed by atoms with E-state index < -0.39 is 16.4 Å². The molecule has 8 heteroatoms.